The number of hydrogen-bond donors (Lipinski definition) is 3. The van der Waals surface area contributed by atoms with E-state index >= 15 is 0 Å². The Kier molecular flexibility index (Phi) is 10.8. The SMILES string of the molecule is CCNC(=NCc1ccc(F)cc1CSC)NCC1CCCC1O.I. The Morgan fingerprint density at radius 3 is 2.76 bits per heavy atom. The molecule has 0 amide bonds. The van der Waals surface area contributed by atoms with Crippen LogP contribution >= 0.6 is 35.7 Å². The van der Waals surface area contributed by atoms with Gasteiger partial charge in [-0.1, -0.05) is 12.5 Å². The van der Waals surface area contributed by atoms with Crippen LogP contribution in [0.1, 0.15) is 37.3 Å². The van der Waals surface area contributed by atoms with Crippen molar-refractivity contribution in [2.75, 3.05) is 19.3 Å². The number of thioether (sulfide) groups is 1. The molecule has 3 N–H and O–H groups in total. The number of aliphatic hydroxyl groups excluding tert-OH is 1. The van der Waals surface area contributed by atoms with Gasteiger partial charge in [0.15, 0.2) is 5.96 Å². The second-order valence-corrected chi connectivity index (χ2v) is 7.05. The lowest BCUT2D eigenvalue weighted by Gasteiger charge is -2.18. The Bertz CT molecular complexity index is 559. The molecule has 1 aromatic carbocycles. The monoisotopic (exact) mass is 481 g/mol. The van der Waals surface area contributed by atoms with Gasteiger partial charge in [0.1, 0.15) is 5.82 Å². The van der Waals surface area contributed by atoms with Crippen LogP contribution in [0.15, 0.2) is 23.2 Å². The van der Waals surface area contributed by atoms with Gasteiger partial charge >= 0.3 is 0 Å². The van der Waals surface area contributed by atoms with E-state index in [0.717, 1.165) is 55.2 Å². The predicted molar refractivity (Wildman–Crippen MR) is 115 cm³/mol. The van der Waals surface area contributed by atoms with Crippen molar-refractivity contribution in [3.8, 4) is 0 Å². The molecule has 0 aliphatic heterocycles. The molecule has 25 heavy (non-hydrogen) atoms. The van der Waals surface area contributed by atoms with Crippen molar-refractivity contribution in [3.05, 3.63) is 35.1 Å². The highest BCUT2D eigenvalue weighted by Gasteiger charge is 2.24. The average molecular weight is 481 g/mol. The maximum Gasteiger partial charge on any atom is 0.191 e. The Morgan fingerprint density at radius 2 is 2.12 bits per heavy atom. The summed E-state index contributed by atoms with van der Waals surface area (Å²) in [5.41, 5.74) is 2.04. The number of nitrogens with zero attached hydrogens (tertiary/aromatic N) is 1. The highest BCUT2D eigenvalue weighted by Crippen LogP contribution is 2.24. The van der Waals surface area contributed by atoms with Crippen molar-refractivity contribution in [1.82, 2.24) is 10.6 Å². The molecule has 0 bridgehead atoms. The van der Waals surface area contributed by atoms with Crippen molar-refractivity contribution in [1.29, 1.82) is 0 Å². The average Bonchev–Trinajstić information content (AvgIpc) is 2.97. The van der Waals surface area contributed by atoms with Crippen LogP contribution in [0.4, 0.5) is 4.39 Å². The lowest BCUT2D eigenvalue weighted by molar-refractivity contribution is 0.134. The molecule has 142 valence electrons. The van der Waals surface area contributed by atoms with Gasteiger partial charge in [-0.2, -0.15) is 11.8 Å². The number of nitrogens with one attached hydrogen (secondary N) is 2. The van der Waals surface area contributed by atoms with Gasteiger partial charge in [0.2, 0.25) is 0 Å². The van der Waals surface area contributed by atoms with Gasteiger partial charge in [-0.15, -0.1) is 24.0 Å². The molecule has 0 spiro atoms. The summed E-state index contributed by atoms with van der Waals surface area (Å²) < 4.78 is 13.4. The summed E-state index contributed by atoms with van der Waals surface area (Å²) in [6, 6.07) is 4.90. The van der Waals surface area contributed by atoms with Gasteiger partial charge < -0.3 is 15.7 Å². The molecule has 1 fully saturated rings. The Labute approximate surface area is 171 Å². The van der Waals surface area contributed by atoms with Crippen LogP contribution in [0.5, 0.6) is 0 Å². The fraction of sp³-hybridized carbons (Fsp3) is 0.611. The second kappa shape index (κ2) is 12.0. The number of halogens is 2. The smallest absolute Gasteiger partial charge is 0.191 e. The lowest BCUT2D eigenvalue weighted by atomic mass is 10.1. The molecule has 1 aromatic rings. The molecule has 1 saturated carbocycles. The predicted octanol–water partition coefficient (Wildman–Crippen LogP) is 3.52. The zero-order valence-corrected chi connectivity index (χ0v) is 18.1. The molecule has 2 unspecified atom stereocenters. The molecular formula is C18H29FIN3OS. The summed E-state index contributed by atoms with van der Waals surface area (Å²) in [5.74, 6) is 1.62. The molecular weight excluding hydrogens is 452 g/mol. The van der Waals surface area contributed by atoms with Crippen LogP contribution < -0.4 is 10.6 Å². The third-order valence-electron chi connectivity index (χ3n) is 4.37. The summed E-state index contributed by atoms with van der Waals surface area (Å²) in [6.07, 6.45) is 4.85. The van der Waals surface area contributed by atoms with Gasteiger partial charge in [0.05, 0.1) is 12.6 Å². The maximum absolute atomic E-state index is 13.4. The second-order valence-electron chi connectivity index (χ2n) is 6.18. The molecule has 1 aliphatic carbocycles. The highest BCUT2D eigenvalue weighted by atomic mass is 127. The first-order valence-electron chi connectivity index (χ1n) is 8.60. The number of rotatable bonds is 7. The zero-order chi connectivity index (χ0) is 17.4. The summed E-state index contributed by atoms with van der Waals surface area (Å²) in [6.45, 7) is 4.05. The minimum Gasteiger partial charge on any atom is -0.393 e. The van der Waals surface area contributed by atoms with Gasteiger partial charge in [-0.3, -0.25) is 0 Å². The summed E-state index contributed by atoms with van der Waals surface area (Å²) >= 11 is 1.68. The fourth-order valence-corrected chi connectivity index (χ4v) is 3.61. The molecule has 0 radical (unpaired) electrons. The molecule has 0 aromatic heterocycles. The van der Waals surface area contributed by atoms with Crippen LogP contribution in [0.3, 0.4) is 0 Å². The van der Waals surface area contributed by atoms with E-state index in [9.17, 15) is 9.50 Å². The van der Waals surface area contributed by atoms with E-state index in [4.69, 9.17) is 0 Å². The summed E-state index contributed by atoms with van der Waals surface area (Å²) in [5, 5.41) is 16.5. The molecule has 2 atom stereocenters. The van der Waals surface area contributed by atoms with Gasteiger partial charge in [0, 0.05) is 24.8 Å². The molecule has 7 heteroatoms. The minimum atomic E-state index is -0.203. The lowest BCUT2D eigenvalue weighted by Crippen LogP contribution is -2.41. The van der Waals surface area contributed by atoms with E-state index in [1.54, 1.807) is 17.8 Å². The molecule has 2 rings (SSSR count). The first kappa shape index (κ1) is 22.5. The van der Waals surface area contributed by atoms with E-state index < -0.39 is 0 Å². The standard InChI is InChI=1S/C18H28FN3OS.HI/c1-3-20-18(22-11-14-5-4-6-17(14)23)21-10-13-7-8-16(19)9-15(13)12-24-2;/h7-9,14,17,23H,3-6,10-12H2,1-2H3,(H2,20,21,22);1H. The van der Waals surface area contributed by atoms with Gasteiger partial charge in [-0.25, -0.2) is 9.38 Å². The summed E-state index contributed by atoms with van der Waals surface area (Å²) in [7, 11) is 0. The summed E-state index contributed by atoms with van der Waals surface area (Å²) in [4.78, 5) is 4.62. The topological polar surface area (TPSA) is 56.7 Å². The van der Waals surface area contributed by atoms with E-state index in [2.05, 4.69) is 15.6 Å². The van der Waals surface area contributed by atoms with Crippen LogP contribution in [0.25, 0.3) is 0 Å². The van der Waals surface area contributed by atoms with Crippen molar-refractivity contribution in [3.63, 3.8) is 0 Å². The van der Waals surface area contributed by atoms with E-state index in [-0.39, 0.29) is 35.9 Å². The van der Waals surface area contributed by atoms with Crippen LogP contribution in [0.2, 0.25) is 0 Å². The molecule has 1 aliphatic rings. The third kappa shape index (κ3) is 7.30. The molecule has 0 heterocycles. The van der Waals surface area contributed by atoms with Crippen molar-refractivity contribution >= 4 is 41.7 Å². The number of hydrogen-bond acceptors (Lipinski definition) is 3. The Hall–Kier alpha value is -0.540. The fourth-order valence-electron chi connectivity index (χ4n) is 3.03. The van der Waals surface area contributed by atoms with Gasteiger partial charge in [0.25, 0.3) is 0 Å². The van der Waals surface area contributed by atoms with E-state index in [0.29, 0.717) is 12.5 Å². The van der Waals surface area contributed by atoms with Crippen LogP contribution in [0, 0.1) is 11.7 Å². The number of benzene rings is 1. The zero-order valence-electron chi connectivity index (χ0n) is 14.9. The van der Waals surface area contributed by atoms with Crippen LogP contribution in [-0.4, -0.2) is 36.5 Å². The van der Waals surface area contributed by atoms with E-state index in [1.807, 2.05) is 19.2 Å². The highest BCUT2D eigenvalue weighted by molar-refractivity contribution is 14.0. The van der Waals surface area contributed by atoms with Crippen molar-refractivity contribution in [2.24, 2.45) is 10.9 Å². The number of guanidine groups is 1. The molecule has 4 nitrogen and oxygen atoms in total. The third-order valence-corrected chi connectivity index (χ3v) is 4.97. The molecule has 0 saturated heterocycles. The first-order valence-corrected chi connectivity index (χ1v) is 10.00. The first-order chi connectivity index (χ1) is 11.6. The van der Waals surface area contributed by atoms with Crippen molar-refractivity contribution < 1.29 is 9.50 Å². The number of aliphatic hydroxyl groups is 1. The number of aliphatic imine (C=N–C) groups is 1. The van der Waals surface area contributed by atoms with Crippen molar-refractivity contribution in [2.45, 2.75) is 44.6 Å². The minimum absolute atomic E-state index is 0. The quantitative estimate of drug-likeness (QED) is 0.317. The maximum atomic E-state index is 13.4. The Balaban J connectivity index is 0.00000312. The largest absolute Gasteiger partial charge is 0.393 e. The normalized spacial score (nSPS) is 20.2. The Morgan fingerprint density at radius 1 is 1.32 bits per heavy atom. The van der Waals surface area contributed by atoms with Gasteiger partial charge in [-0.05, 0) is 49.3 Å². The van der Waals surface area contributed by atoms with Crippen LogP contribution in [-0.2, 0) is 12.3 Å². The van der Waals surface area contributed by atoms with E-state index in [1.165, 1.54) is 6.07 Å².